The predicted octanol–water partition coefficient (Wildman–Crippen LogP) is 3.13. The van der Waals surface area contributed by atoms with Crippen molar-refractivity contribution >= 4 is 31.7 Å². The number of halogens is 1. The molecule has 0 heterocycles. The molecule has 104 valence electrons. The van der Waals surface area contributed by atoms with Gasteiger partial charge >= 0.3 is 10.1 Å². The molecule has 0 aliphatic heterocycles. The fraction of sp³-hybridized carbons (Fsp3) is 0. The number of nitro benzene ring substituents is 1. The van der Waals surface area contributed by atoms with E-state index in [0.717, 1.165) is 12.1 Å². The lowest BCUT2D eigenvalue weighted by Crippen LogP contribution is -2.11. The highest BCUT2D eigenvalue weighted by atomic mass is 79.9. The van der Waals surface area contributed by atoms with Crippen LogP contribution in [0.15, 0.2) is 57.9 Å². The summed E-state index contributed by atoms with van der Waals surface area (Å²) >= 11 is 3.18. The molecule has 2 rings (SSSR count). The summed E-state index contributed by atoms with van der Waals surface area (Å²) in [6, 6.07) is 11.2. The van der Waals surface area contributed by atoms with Crippen LogP contribution in [0.2, 0.25) is 0 Å². The van der Waals surface area contributed by atoms with Crippen molar-refractivity contribution in [3.05, 3.63) is 63.1 Å². The van der Waals surface area contributed by atoms with Gasteiger partial charge in [0.15, 0.2) is 4.90 Å². The van der Waals surface area contributed by atoms with Crippen molar-refractivity contribution in [2.75, 3.05) is 0 Å². The molecule has 0 unspecified atom stereocenters. The molecular weight excluding hydrogens is 350 g/mol. The van der Waals surface area contributed by atoms with Crippen LogP contribution in [0, 0.1) is 10.1 Å². The molecule has 2 aromatic carbocycles. The zero-order valence-corrected chi connectivity index (χ0v) is 12.3. The van der Waals surface area contributed by atoms with Gasteiger partial charge in [0.05, 0.1) is 4.92 Å². The third-order valence-electron chi connectivity index (χ3n) is 2.33. The van der Waals surface area contributed by atoms with Gasteiger partial charge in [0.2, 0.25) is 0 Å². The highest BCUT2D eigenvalue weighted by Crippen LogP contribution is 2.27. The quantitative estimate of drug-likeness (QED) is 0.476. The van der Waals surface area contributed by atoms with Crippen LogP contribution in [0.5, 0.6) is 5.75 Å². The molecule has 0 spiro atoms. The fourth-order valence-electron chi connectivity index (χ4n) is 1.51. The van der Waals surface area contributed by atoms with Crippen LogP contribution in [0.1, 0.15) is 0 Å². The van der Waals surface area contributed by atoms with Gasteiger partial charge in [0, 0.05) is 10.5 Å². The first kappa shape index (κ1) is 14.5. The summed E-state index contributed by atoms with van der Waals surface area (Å²) in [6.07, 6.45) is 0. The lowest BCUT2D eigenvalue weighted by atomic mass is 10.3. The van der Waals surface area contributed by atoms with Gasteiger partial charge in [-0.25, -0.2) is 0 Å². The Morgan fingerprint density at radius 2 is 1.80 bits per heavy atom. The van der Waals surface area contributed by atoms with Crippen LogP contribution in [0.4, 0.5) is 5.69 Å². The van der Waals surface area contributed by atoms with E-state index in [9.17, 15) is 18.5 Å². The summed E-state index contributed by atoms with van der Waals surface area (Å²) in [5.74, 6) is 0.0672. The minimum absolute atomic E-state index is 0.0672. The minimum atomic E-state index is -4.27. The molecule has 8 heteroatoms. The van der Waals surface area contributed by atoms with Crippen molar-refractivity contribution in [3.63, 3.8) is 0 Å². The zero-order chi connectivity index (χ0) is 14.8. The van der Waals surface area contributed by atoms with Gasteiger partial charge in [-0.3, -0.25) is 10.1 Å². The molecule has 0 amide bonds. The number of hydrogen-bond acceptors (Lipinski definition) is 5. The summed E-state index contributed by atoms with van der Waals surface area (Å²) in [4.78, 5) is 9.60. The molecule has 0 atom stereocenters. The Kier molecular flexibility index (Phi) is 4.05. The smallest absolute Gasteiger partial charge is 0.346 e. The summed E-state index contributed by atoms with van der Waals surface area (Å²) in [7, 11) is -4.27. The van der Waals surface area contributed by atoms with E-state index < -0.39 is 25.6 Å². The van der Waals surface area contributed by atoms with E-state index in [1.54, 1.807) is 12.1 Å². The lowest BCUT2D eigenvalue weighted by molar-refractivity contribution is -0.387. The third kappa shape index (κ3) is 3.14. The van der Waals surface area contributed by atoms with Crippen molar-refractivity contribution in [1.29, 1.82) is 0 Å². The second-order valence-corrected chi connectivity index (χ2v) is 6.15. The number of benzene rings is 2. The Labute approximate surface area is 123 Å². The lowest BCUT2D eigenvalue weighted by Gasteiger charge is -2.07. The predicted molar refractivity (Wildman–Crippen MR) is 75.1 cm³/mol. The normalized spacial score (nSPS) is 11.1. The minimum Gasteiger partial charge on any atom is -0.379 e. The SMILES string of the molecule is O=[N+]([O-])c1ccccc1S(=O)(=O)Oc1cccc(Br)c1. The molecule has 0 fully saturated rings. The largest absolute Gasteiger partial charge is 0.379 e. The van der Waals surface area contributed by atoms with Gasteiger partial charge in [-0.05, 0) is 24.3 Å². The third-order valence-corrected chi connectivity index (χ3v) is 4.12. The number of hydrogen-bond donors (Lipinski definition) is 0. The molecule has 2 aromatic rings. The second-order valence-electron chi connectivity index (χ2n) is 3.72. The molecule has 0 radical (unpaired) electrons. The van der Waals surface area contributed by atoms with Gasteiger partial charge in [-0.2, -0.15) is 8.42 Å². The molecule has 0 aliphatic rings. The number of nitrogens with zero attached hydrogens (tertiary/aromatic N) is 1. The van der Waals surface area contributed by atoms with Crippen LogP contribution < -0.4 is 4.18 Å². The standard InChI is InChI=1S/C12H8BrNO5S/c13-9-4-3-5-10(8-9)19-20(17,18)12-7-2-1-6-11(12)14(15)16/h1-8H. The Bertz CT molecular complexity index is 760. The van der Waals surface area contributed by atoms with E-state index in [2.05, 4.69) is 15.9 Å². The molecule has 0 bridgehead atoms. The first-order valence-corrected chi connectivity index (χ1v) is 7.54. The molecule has 20 heavy (non-hydrogen) atoms. The van der Waals surface area contributed by atoms with E-state index >= 15 is 0 Å². The van der Waals surface area contributed by atoms with Gasteiger partial charge in [-0.1, -0.05) is 34.1 Å². The monoisotopic (exact) mass is 357 g/mol. The van der Waals surface area contributed by atoms with E-state index in [4.69, 9.17) is 4.18 Å². The Morgan fingerprint density at radius 1 is 1.10 bits per heavy atom. The summed E-state index contributed by atoms with van der Waals surface area (Å²) in [6.45, 7) is 0. The van der Waals surface area contributed by atoms with Crippen molar-refractivity contribution in [3.8, 4) is 5.75 Å². The number of para-hydroxylation sites is 1. The van der Waals surface area contributed by atoms with Gasteiger partial charge in [0.1, 0.15) is 5.75 Å². The van der Waals surface area contributed by atoms with Crippen LogP contribution in [-0.4, -0.2) is 13.3 Å². The fourth-order valence-corrected chi connectivity index (χ4v) is 2.98. The van der Waals surface area contributed by atoms with Crippen LogP contribution in [-0.2, 0) is 10.1 Å². The maximum atomic E-state index is 12.1. The maximum Gasteiger partial charge on any atom is 0.346 e. The first-order chi connectivity index (χ1) is 9.40. The number of nitro groups is 1. The van der Waals surface area contributed by atoms with Gasteiger partial charge in [-0.15, -0.1) is 0 Å². The molecule has 6 nitrogen and oxygen atoms in total. The summed E-state index contributed by atoms with van der Waals surface area (Å²) in [5.41, 5.74) is -0.525. The topological polar surface area (TPSA) is 86.5 Å². The molecule has 0 saturated carbocycles. The van der Waals surface area contributed by atoms with E-state index in [-0.39, 0.29) is 5.75 Å². The molecular formula is C12H8BrNO5S. The van der Waals surface area contributed by atoms with Crippen LogP contribution in [0.3, 0.4) is 0 Å². The van der Waals surface area contributed by atoms with Crippen LogP contribution in [0.25, 0.3) is 0 Å². The highest BCUT2D eigenvalue weighted by molar-refractivity contribution is 9.10. The zero-order valence-electron chi connectivity index (χ0n) is 9.89. The Hall–Kier alpha value is -1.93. The molecule has 0 N–H and O–H groups in total. The first-order valence-electron chi connectivity index (χ1n) is 5.33. The Morgan fingerprint density at radius 3 is 2.45 bits per heavy atom. The van der Waals surface area contributed by atoms with E-state index in [1.165, 1.54) is 24.3 Å². The van der Waals surface area contributed by atoms with Crippen molar-refractivity contribution in [2.45, 2.75) is 4.90 Å². The average molecular weight is 358 g/mol. The Balaban J connectivity index is 2.44. The average Bonchev–Trinajstić information content (AvgIpc) is 2.38. The summed E-state index contributed by atoms with van der Waals surface area (Å²) in [5, 5.41) is 10.9. The van der Waals surface area contributed by atoms with Gasteiger partial charge < -0.3 is 4.18 Å². The molecule has 0 aliphatic carbocycles. The maximum absolute atomic E-state index is 12.1. The second kappa shape index (κ2) is 5.59. The molecule has 0 aromatic heterocycles. The van der Waals surface area contributed by atoms with Crippen molar-refractivity contribution in [1.82, 2.24) is 0 Å². The van der Waals surface area contributed by atoms with Crippen molar-refractivity contribution in [2.24, 2.45) is 0 Å². The van der Waals surface area contributed by atoms with E-state index in [0.29, 0.717) is 4.47 Å². The number of rotatable bonds is 4. The van der Waals surface area contributed by atoms with Gasteiger partial charge in [0.25, 0.3) is 5.69 Å². The van der Waals surface area contributed by atoms with Crippen molar-refractivity contribution < 1.29 is 17.5 Å². The summed E-state index contributed by atoms with van der Waals surface area (Å²) < 4.78 is 29.7. The molecule has 0 saturated heterocycles. The highest BCUT2D eigenvalue weighted by Gasteiger charge is 2.27. The van der Waals surface area contributed by atoms with Crippen LogP contribution >= 0.6 is 15.9 Å². The van der Waals surface area contributed by atoms with E-state index in [1.807, 2.05) is 0 Å².